The van der Waals surface area contributed by atoms with Crippen LogP contribution in [0.3, 0.4) is 0 Å². The first-order valence-electron chi connectivity index (χ1n) is 6.53. The predicted octanol–water partition coefficient (Wildman–Crippen LogP) is 3.78. The molecule has 21 heavy (non-hydrogen) atoms. The summed E-state index contributed by atoms with van der Waals surface area (Å²) in [4.78, 5) is 4.52. The molecule has 3 rings (SSSR count). The summed E-state index contributed by atoms with van der Waals surface area (Å²) in [5, 5.41) is 13.0. The lowest BCUT2D eigenvalue weighted by Crippen LogP contribution is -2.01. The monoisotopic (exact) mass is 296 g/mol. The van der Waals surface area contributed by atoms with Gasteiger partial charge in [-0.3, -0.25) is 0 Å². The van der Waals surface area contributed by atoms with Gasteiger partial charge in [0.05, 0.1) is 28.9 Å². The van der Waals surface area contributed by atoms with E-state index in [0.717, 1.165) is 22.6 Å². The average Bonchev–Trinajstić information content (AvgIpc) is 2.88. The van der Waals surface area contributed by atoms with Crippen molar-refractivity contribution in [1.82, 2.24) is 9.38 Å². The number of anilines is 1. The lowest BCUT2D eigenvalue weighted by atomic mass is 10.1. The number of hydrogen-bond acceptors (Lipinski definition) is 3. The minimum absolute atomic E-state index is 0.592. The Morgan fingerprint density at radius 3 is 2.95 bits per heavy atom. The first kappa shape index (κ1) is 13.5. The molecule has 0 radical (unpaired) electrons. The van der Waals surface area contributed by atoms with Crippen LogP contribution in [0.25, 0.3) is 5.65 Å². The van der Waals surface area contributed by atoms with Crippen LogP contribution in [-0.2, 0) is 6.54 Å². The molecule has 0 aliphatic carbocycles. The molecule has 0 saturated heterocycles. The highest BCUT2D eigenvalue weighted by atomic mass is 35.5. The molecule has 0 aliphatic heterocycles. The van der Waals surface area contributed by atoms with Crippen molar-refractivity contribution in [3.05, 3.63) is 64.6 Å². The van der Waals surface area contributed by atoms with E-state index in [1.165, 1.54) is 0 Å². The minimum Gasteiger partial charge on any atom is -0.379 e. The van der Waals surface area contributed by atoms with Gasteiger partial charge in [0.2, 0.25) is 0 Å². The maximum absolute atomic E-state index is 8.95. The van der Waals surface area contributed by atoms with Crippen molar-refractivity contribution in [3.63, 3.8) is 0 Å². The number of nitriles is 1. The fraction of sp³-hybridized carbons (Fsp3) is 0.125. The number of imidazole rings is 1. The first-order valence-corrected chi connectivity index (χ1v) is 6.91. The number of aromatic nitrogens is 2. The molecule has 1 N–H and O–H groups in total. The molecular formula is C16H13ClN4. The fourth-order valence-corrected chi connectivity index (χ4v) is 2.34. The summed E-state index contributed by atoms with van der Waals surface area (Å²) in [6.45, 7) is 2.60. The fourth-order valence-electron chi connectivity index (χ4n) is 2.17. The molecule has 3 aromatic rings. The maximum atomic E-state index is 8.95. The van der Waals surface area contributed by atoms with Gasteiger partial charge < -0.3 is 9.72 Å². The summed E-state index contributed by atoms with van der Waals surface area (Å²) in [5.41, 5.74) is 4.47. The Kier molecular flexibility index (Phi) is 3.51. The van der Waals surface area contributed by atoms with Crippen LogP contribution in [-0.4, -0.2) is 9.38 Å². The maximum Gasteiger partial charge on any atom is 0.137 e. The number of rotatable bonds is 3. The Morgan fingerprint density at radius 2 is 2.14 bits per heavy atom. The topological polar surface area (TPSA) is 53.1 Å². The lowest BCUT2D eigenvalue weighted by molar-refractivity contribution is 1.07. The van der Waals surface area contributed by atoms with Gasteiger partial charge in [0.15, 0.2) is 0 Å². The number of fused-ring (bicyclic) bond motifs is 1. The van der Waals surface area contributed by atoms with Crippen LogP contribution in [0.15, 0.2) is 42.7 Å². The van der Waals surface area contributed by atoms with Gasteiger partial charge in [-0.1, -0.05) is 17.7 Å². The van der Waals surface area contributed by atoms with Gasteiger partial charge in [-0.2, -0.15) is 5.26 Å². The van der Waals surface area contributed by atoms with Gasteiger partial charge >= 0.3 is 0 Å². The molecule has 1 aromatic carbocycles. The Labute approximate surface area is 127 Å². The molecule has 2 aromatic heterocycles. The van der Waals surface area contributed by atoms with Gasteiger partial charge in [0.25, 0.3) is 0 Å². The number of hydrogen-bond donors (Lipinski definition) is 1. The van der Waals surface area contributed by atoms with E-state index >= 15 is 0 Å². The van der Waals surface area contributed by atoms with E-state index in [9.17, 15) is 0 Å². The molecule has 104 valence electrons. The van der Waals surface area contributed by atoms with Crippen molar-refractivity contribution in [1.29, 1.82) is 5.26 Å². The highest BCUT2D eigenvalue weighted by Crippen LogP contribution is 2.18. The van der Waals surface area contributed by atoms with Crippen LogP contribution in [0.5, 0.6) is 0 Å². The van der Waals surface area contributed by atoms with Crippen LogP contribution in [0, 0.1) is 18.3 Å². The summed E-state index contributed by atoms with van der Waals surface area (Å²) >= 11 is 5.96. The minimum atomic E-state index is 0.592. The summed E-state index contributed by atoms with van der Waals surface area (Å²) in [6.07, 6.45) is 3.77. The van der Waals surface area contributed by atoms with Gasteiger partial charge in [0, 0.05) is 18.1 Å². The largest absolute Gasteiger partial charge is 0.379 e. The van der Waals surface area contributed by atoms with Gasteiger partial charge in [-0.15, -0.1) is 0 Å². The second-order valence-electron chi connectivity index (χ2n) is 4.84. The highest BCUT2D eigenvalue weighted by Gasteiger charge is 2.04. The number of halogens is 1. The van der Waals surface area contributed by atoms with E-state index in [-0.39, 0.29) is 0 Å². The third-order valence-corrected chi connectivity index (χ3v) is 3.52. The Bertz CT molecular complexity index is 845. The third kappa shape index (κ3) is 2.83. The van der Waals surface area contributed by atoms with Crippen molar-refractivity contribution in [2.24, 2.45) is 0 Å². The summed E-state index contributed by atoms with van der Waals surface area (Å²) in [7, 11) is 0. The molecule has 0 bridgehead atoms. The first-order chi connectivity index (χ1) is 10.2. The summed E-state index contributed by atoms with van der Waals surface area (Å²) in [6, 6.07) is 11.4. The lowest BCUT2D eigenvalue weighted by Gasteiger charge is -2.08. The van der Waals surface area contributed by atoms with Crippen molar-refractivity contribution in [2.75, 3.05) is 5.32 Å². The van der Waals surface area contributed by atoms with Crippen molar-refractivity contribution < 1.29 is 0 Å². The normalized spacial score (nSPS) is 10.5. The van der Waals surface area contributed by atoms with Gasteiger partial charge in [-0.25, -0.2) is 4.98 Å². The number of benzene rings is 1. The van der Waals surface area contributed by atoms with E-state index in [1.807, 2.05) is 54.0 Å². The van der Waals surface area contributed by atoms with Crippen LogP contribution in [0.4, 0.5) is 5.69 Å². The standard InChI is InChI=1S/C16H13ClN4/c1-11-2-3-12(7-18)6-15(11)19-8-14-10-21-9-13(17)4-5-16(21)20-14/h2-6,9-10,19H,8H2,1H3. The van der Waals surface area contributed by atoms with Crippen LogP contribution in [0.2, 0.25) is 5.02 Å². The predicted molar refractivity (Wildman–Crippen MR) is 83.4 cm³/mol. The van der Waals surface area contributed by atoms with Gasteiger partial charge in [0.1, 0.15) is 5.65 Å². The van der Waals surface area contributed by atoms with Crippen molar-refractivity contribution in [2.45, 2.75) is 13.5 Å². The zero-order valence-corrected chi connectivity index (χ0v) is 12.2. The molecule has 0 unspecified atom stereocenters. The number of nitrogens with zero attached hydrogens (tertiary/aromatic N) is 3. The molecule has 0 saturated carbocycles. The Balaban J connectivity index is 1.82. The summed E-state index contributed by atoms with van der Waals surface area (Å²) < 4.78 is 1.90. The van der Waals surface area contributed by atoms with Gasteiger partial charge in [-0.05, 0) is 36.8 Å². The van der Waals surface area contributed by atoms with E-state index in [1.54, 1.807) is 0 Å². The van der Waals surface area contributed by atoms with E-state index in [2.05, 4.69) is 16.4 Å². The van der Waals surface area contributed by atoms with E-state index in [0.29, 0.717) is 17.1 Å². The number of pyridine rings is 1. The zero-order chi connectivity index (χ0) is 14.8. The van der Waals surface area contributed by atoms with E-state index < -0.39 is 0 Å². The average molecular weight is 297 g/mol. The smallest absolute Gasteiger partial charge is 0.137 e. The third-order valence-electron chi connectivity index (χ3n) is 3.29. The molecule has 0 atom stereocenters. The highest BCUT2D eigenvalue weighted by molar-refractivity contribution is 6.30. The molecule has 0 aliphatic rings. The molecule has 0 spiro atoms. The molecular weight excluding hydrogens is 284 g/mol. The number of aryl methyl sites for hydroxylation is 1. The zero-order valence-electron chi connectivity index (χ0n) is 11.5. The van der Waals surface area contributed by atoms with E-state index in [4.69, 9.17) is 16.9 Å². The Morgan fingerprint density at radius 1 is 1.29 bits per heavy atom. The quantitative estimate of drug-likeness (QED) is 0.800. The Hall–Kier alpha value is -2.51. The molecule has 2 heterocycles. The van der Waals surface area contributed by atoms with Crippen LogP contribution < -0.4 is 5.32 Å². The SMILES string of the molecule is Cc1ccc(C#N)cc1NCc1cn2cc(Cl)ccc2n1. The second-order valence-corrected chi connectivity index (χ2v) is 5.28. The van der Waals surface area contributed by atoms with Crippen molar-refractivity contribution >= 4 is 22.9 Å². The van der Waals surface area contributed by atoms with Crippen LogP contribution in [0.1, 0.15) is 16.8 Å². The van der Waals surface area contributed by atoms with Crippen LogP contribution >= 0.6 is 11.6 Å². The number of nitrogens with one attached hydrogen (secondary N) is 1. The second kappa shape index (κ2) is 5.47. The van der Waals surface area contributed by atoms with Crippen molar-refractivity contribution in [3.8, 4) is 6.07 Å². The molecule has 4 nitrogen and oxygen atoms in total. The summed E-state index contributed by atoms with van der Waals surface area (Å²) in [5.74, 6) is 0. The molecule has 0 amide bonds. The molecule has 0 fully saturated rings. The molecule has 5 heteroatoms.